The monoisotopic (exact) mass is 497 g/mol. The van der Waals surface area contributed by atoms with E-state index >= 15 is 0 Å². The molecule has 0 spiro atoms. The van der Waals surface area contributed by atoms with Crippen LogP contribution in [0.4, 0.5) is 13.2 Å². The molecule has 36 heavy (non-hydrogen) atoms. The molecule has 0 fully saturated rings. The average molecular weight is 498 g/mol. The number of benzene rings is 2. The summed E-state index contributed by atoms with van der Waals surface area (Å²) in [6.07, 6.45) is 6.90. The minimum Gasteiger partial charge on any atom is -0.487 e. The average Bonchev–Trinajstić information content (AvgIpc) is 3.53. The van der Waals surface area contributed by atoms with Crippen molar-refractivity contribution in [1.29, 1.82) is 0 Å². The van der Waals surface area contributed by atoms with Gasteiger partial charge in [0.2, 0.25) is 5.89 Å². The van der Waals surface area contributed by atoms with E-state index in [9.17, 15) is 18.3 Å². The fourth-order valence-corrected chi connectivity index (χ4v) is 3.63. The van der Waals surface area contributed by atoms with Crippen LogP contribution in [0.25, 0.3) is 12.2 Å². The van der Waals surface area contributed by atoms with Crippen LogP contribution in [-0.2, 0) is 32.4 Å². The molecular weight excluding hydrogens is 471 g/mol. The zero-order chi connectivity index (χ0) is 25.4. The van der Waals surface area contributed by atoms with Crippen molar-refractivity contribution in [3.63, 3.8) is 0 Å². The molecule has 0 aliphatic carbocycles. The number of aliphatic hydroxyl groups is 1. The van der Waals surface area contributed by atoms with E-state index in [2.05, 4.69) is 9.97 Å². The largest absolute Gasteiger partial charge is 0.487 e. The molecule has 2 aromatic heterocycles. The molecule has 4 rings (SSSR count). The van der Waals surface area contributed by atoms with Gasteiger partial charge < -0.3 is 18.8 Å². The Labute approximate surface area is 206 Å². The molecule has 1 N–H and O–H groups in total. The second-order valence-corrected chi connectivity index (χ2v) is 8.21. The Bertz CT molecular complexity index is 1260. The highest BCUT2D eigenvalue weighted by atomic mass is 19.4. The Kier molecular flexibility index (Phi) is 8.22. The highest BCUT2D eigenvalue weighted by Crippen LogP contribution is 2.29. The second-order valence-electron chi connectivity index (χ2n) is 8.21. The van der Waals surface area contributed by atoms with Crippen LogP contribution in [0.5, 0.6) is 5.75 Å². The maximum absolute atomic E-state index is 12.7. The Hall–Kier alpha value is -3.85. The van der Waals surface area contributed by atoms with Crippen molar-refractivity contribution in [1.82, 2.24) is 14.5 Å². The van der Waals surface area contributed by atoms with E-state index < -0.39 is 11.7 Å². The minimum absolute atomic E-state index is 0.0520. The van der Waals surface area contributed by atoms with E-state index in [1.54, 1.807) is 18.3 Å². The number of nitrogens with zero attached hydrogens (tertiary/aromatic N) is 3. The zero-order valence-electron chi connectivity index (χ0n) is 19.5. The number of alkyl halides is 3. The van der Waals surface area contributed by atoms with Gasteiger partial charge in [-0.2, -0.15) is 13.2 Å². The molecule has 0 unspecified atom stereocenters. The van der Waals surface area contributed by atoms with Gasteiger partial charge in [0, 0.05) is 25.0 Å². The van der Waals surface area contributed by atoms with Crippen molar-refractivity contribution < 1.29 is 27.4 Å². The Morgan fingerprint density at radius 2 is 1.78 bits per heavy atom. The number of aryl methyl sites for hydroxylation is 2. The minimum atomic E-state index is -4.35. The quantitative estimate of drug-likeness (QED) is 0.252. The van der Waals surface area contributed by atoms with Crippen molar-refractivity contribution in [2.45, 2.75) is 45.2 Å². The summed E-state index contributed by atoms with van der Waals surface area (Å²) in [5, 5.41) is 9.24. The SMILES string of the molecule is OCc1nccn1CCCCc1ccc(OCc2coc(C=Cc3ccc(C(F)(F)F)cc3)n2)cc1. The molecule has 0 saturated carbocycles. The predicted molar refractivity (Wildman–Crippen MR) is 129 cm³/mol. The molecule has 4 aromatic rings. The molecule has 0 aliphatic heterocycles. The highest BCUT2D eigenvalue weighted by molar-refractivity contribution is 5.66. The van der Waals surface area contributed by atoms with Gasteiger partial charge in [0.1, 0.15) is 36.7 Å². The maximum atomic E-state index is 12.7. The van der Waals surface area contributed by atoms with Crippen LogP contribution >= 0.6 is 0 Å². The van der Waals surface area contributed by atoms with Gasteiger partial charge in [0.05, 0.1) is 5.56 Å². The Morgan fingerprint density at radius 1 is 1.00 bits per heavy atom. The highest BCUT2D eigenvalue weighted by Gasteiger charge is 2.29. The molecule has 0 radical (unpaired) electrons. The number of oxazole rings is 1. The molecule has 6 nitrogen and oxygen atoms in total. The first-order valence-corrected chi connectivity index (χ1v) is 11.5. The number of rotatable bonds is 11. The summed E-state index contributed by atoms with van der Waals surface area (Å²) in [7, 11) is 0. The number of hydrogen-bond acceptors (Lipinski definition) is 5. The first kappa shape index (κ1) is 25.2. The summed E-state index contributed by atoms with van der Waals surface area (Å²) in [5.41, 5.74) is 1.74. The molecular formula is C27H26F3N3O3. The molecule has 0 atom stereocenters. The molecule has 0 amide bonds. The number of imidazole rings is 1. The lowest BCUT2D eigenvalue weighted by Crippen LogP contribution is -2.03. The van der Waals surface area contributed by atoms with Crippen LogP contribution in [0.2, 0.25) is 0 Å². The molecule has 9 heteroatoms. The van der Waals surface area contributed by atoms with Gasteiger partial charge in [-0.1, -0.05) is 24.3 Å². The van der Waals surface area contributed by atoms with Crippen LogP contribution in [0.15, 0.2) is 71.6 Å². The molecule has 0 bridgehead atoms. The van der Waals surface area contributed by atoms with Crippen molar-refractivity contribution in [3.8, 4) is 5.75 Å². The normalized spacial score (nSPS) is 11.9. The second kappa shape index (κ2) is 11.7. The summed E-state index contributed by atoms with van der Waals surface area (Å²) in [6, 6.07) is 12.8. The molecule has 2 heterocycles. The van der Waals surface area contributed by atoms with Crippen LogP contribution in [0, 0.1) is 0 Å². The third-order valence-corrected chi connectivity index (χ3v) is 5.59. The summed E-state index contributed by atoms with van der Waals surface area (Å²) in [5.74, 6) is 1.74. The van der Waals surface area contributed by atoms with E-state index in [0.717, 1.165) is 43.7 Å². The first-order chi connectivity index (χ1) is 17.4. The third kappa shape index (κ3) is 7.08. The van der Waals surface area contributed by atoms with Gasteiger partial charge >= 0.3 is 6.18 Å². The number of halogens is 3. The van der Waals surface area contributed by atoms with Crippen molar-refractivity contribution in [3.05, 3.63) is 101 Å². The Morgan fingerprint density at radius 3 is 2.50 bits per heavy atom. The third-order valence-electron chi connectivity index (χ3n) is 5.59. The zero-order valence-corrected chi connectivity index (χ0v) is 19.5. The van der Waals surface area contributed by atoms with Crippen LogP contribution in [-0.4, -0.2) is 19.6 Å². The van der Waals surface area contributed by atoms with E-state index in [1.807, 2.05) is 35.0 Å². The van der Waals surface area contributed by atoms with Crippen molar-refractivity contribution >= 4 is 12.2 Å². The summed E-state index contributed by atoms with van der Waals surface area (Å²) in [6.45, 7) is 1.01. The summed E-state index contributed by atoms with van der Waals surface area (Å²) < 4.78 is 51.1. The van der Waals surface area contributed by atoms with Gasteiger partial charge in [-0.3, -0.25) is 0 Å². The van der Waals surface area contributed by atoms with Gasteiger partial charge in [-0.15, -0.1) is 0 Å². The fourth-order valence-electron chi connectivity index (χ4n) is 3.63. The van der Waals surface area contributed by atoms with Crippen molar-refractivity contribution in [2.24, 2.45) is 0 Å². The smallest absolute Gasteiger partial charge is 0.416 e. The van der Waals surface area contributed by atoms with Crippen LogP contribution in [0.1, 0.15) is 46.9 Å². The Balaban J connectivity index is 1.20. The molecule has 2 aromatic carbocycles. The number of ether oxygens (including phenoxy) is 1. The van der Waals surface area contributed by atoms with E-state index in [1.165, 1.54) is 24.0 Å². The first-order valence-electron chi connectivity index (χ1n) is 11.5. The number of unbranched alkanes of at least 4 members (excludes halogenated alkanes) is 1. The lowest BCUT2D eigenvalue weighted by atomic mass is 10.1. The lowest BCUT2D eigenvalue weighted by Gasteiger charge is -2.07. The standard InChI is InChI=1S/C27H26F3N3O3/c28-27(29,30)22-9-4-21(5-10-22)8-13-26-32-23(19-36-26)18-35-24-11-6-20(7-12-24)3-1-2-15-33-16-14-31-25(33)17-34/h4-14,16,19,34H,1-3,15,17-18H2. The van der Waals surface area contributed by atoms with E-state index in [-0.39, 0.29) is 13.2 Å². The molecule has 0 aliphatic rings. The lowest BCUT2D eigenvalue weighted by molar-refractivity contribution is -0.137. The van der Waals surface area contributed by atoms with Gasteiger partial charge in [0.25, 0.3) is 0 Å². The van der Waals surface area contributed by atoms with Gasteiger partial charge in [-0.05, 0) is 60.7 Å². The predicted octanol–water partition coefficient (Wildman–Crippen LogP) is 6.15. The summed E-state index contributed by atoms with van der Waals surface area (Å²) >= 11 is 0. The molecule has 188 valence electrons. The summed E-state index contributed by atoms with van der Waals surface area (Å²) in [4.78, 5) is 8.42. The van der Waals surface area contributed by atoms with E-state index in [4.69, 9.17) is 9.15 Å². The molecule has 0 saturated heterocycles. The maximum Gasteiger partial charge on any atom is 0.416 e. The van der Waals surface area contributed by atoms with Gasteiger partial charge in [-0.25, -0.2) is 9.97 Å². The topological polar surface area (TPSA) is 73.3 Å². The van der Waals surface area contributed by atoms with Crippen LogP contribution < -0.4 is 4.74 Å². The number of aliphatic hydroxyl groups excluding tert-OH is 1. The fraction of sp³-hybridized carbons (Fsp3) is 0.259. The number of aromatic nitrogens is 3. The van der Waals surface area contributed by atoms with Crippen LogP contribution in [0.3, 0.4) is 0 Å². The number of hydrogen-bond donors (Lipinski definition) is 1. The van der Waals surface area contributed by atoms with Gasteiger partial charge in [0.15, 0.2) is 0 Å². The van der Waals surface area contributed by atoms with E-state index in [0.29, 0.717) is 23.0 Å². The van der Waals surface area contributed by atoms with Crippen molar-refractivity contribution in [2.75, 3.05) is 0 Å².